The minimum Gasteiger partial charge on any atom is -0.507 e. The van der Waals surface area contributed by atoms with E-state index < -0.39 is 17.7 Å². The average molecular weight is 656 g/mol. The highest BCUT2D eigenvalue weighted by molar-refractivity contribution is 8.00. The molecule has 1 fully saturated rings. The van der Waals surface area contributed by atoms with Gasteiger partial charge in [-0.3, -0.25) is 14.5 Å². The summed E-state index contributed by atoms with van der Waals surface area (Å²) in [7, 11) is 0. The molecule has 2 aliphatic heterocycles. The molecule has 11 heteroatoms. The van der Waals surface area contributed by atoms with Crippen LogP contribution in [0.4, 0.5) is 5.13 Å². The molecule has 1 amide bonds. The number of aliphatic hydroxyl groups excluding tert-OH is 1. The summed E-state index contributed by atoms with van der Waals surface area (Å²) in [4.78, 5) is 28.9. The van der Waals surface area contributed by atoms with Crippen molar-refractivity contribution < 1.29 is 28.9 Å². The van der Waals surface area contributed by atoms with Gasteiger partial charge < -0.3 is 19.3 Å². The first kappa shape index (κ1) is 31.4. The van der Waals surface area contributed by atoms with Crippen LogP contribution in [-0.2, 0) is 21.8 Å². The Kier molecular flexibility index (Phi) is 9.14. The quantitative estimate of drug-likeness (QED) is 0.0454. The highest BCUT2D eigenvalue weighted by atomic mass is 32.2. The number of aryl methyl sites for hydroxylation is 1. The van der Waals surface area contributed by atoms with Gasteiger partial charge in [-0.25, -0.2) is 0 Å². The van der Waals surface area contributed by atoms with Gasteiger partial charge in [0.05, 0.1) is 18.2 Å². The number of aromatic nitrogens is 2. The second-order valence-electron chi connectivity index (χ2n) is 11.0. The van der Waals surface area contributed by atoms with E-state index in [0.717, 1.165) is 16.9 Å². The first-order chi connectivity index (χ1) is 22.3. The van der Waals surface area contributed by atoms with Gasteiger partial charge in [-0.05, 0) is 67.8 Å². The zero-order chi connectivity index (χ0) is 32.4. The maximum Gasteiger partial charge on any atom is 0.301 e. The number of hydrogen-bond donors (Lipinski definition) is 1. The molecule has 9 nitrogen and oxygen atoms in total. The van der Waals surface area contributed by atoms with Crippen molar-refractivity contribution >= 4 is 45.7 Å². The van der Waals surface area contributed by atoms with Crippen molar-refractivity contribution in [2.45, 2.75) is 49.4 Å². The molecule has 1 aromatic heterocycles. The number of fused-ring (bicyclic) bond motifs is 1. The molecule has 2 atom stereocenters. The predicted octanol–water partition coefficient (Wildman–Crippen LogP) is 7.05. The molecule has 0 aliphatic carbocycles. The van der Waals surface area contributed by atoms with Gasteiger partial charge in [0.1, 0.15) is 24.2 Å². The molecule has 3 aromatic carbocycles. The Morgan fingerprint density at radius 1 is 1.11 bits per heavy atom. The van der Waals surface area contributed by atoms with Crippen LogP contribution < -0.4 is 19.1 Å². The van der Waals surface area contributed by atoms with E-state index in [2.05, 4.69) is 41.0 Å². The van der Waals surface area contributed by atoms with Gasteiger partial charge in [-0.2, -0.15) is 0 Å². The summed E-state index contributed by atoms with van der Waals surface area (Å²) in [6, 6.07) is 17.7. The van der Waals surface area contributed by atoms with Gasteiger partial charge in [-0.15, -0.1) is 10.2 Å². The lowest BCUT2D eigenvalue weighted by Crippen LogP contribution is -2.29. The number of Topliss-reactive ketones (excluding diaryl/α,β-unsaturated/α-hetero) is 1. The molecule has 4 aromatic rings. The molecular formula is C35H33N3O6S2. The maximum absolute atomic E-state index is 13.8. The molecular weight excluding hydrogens is 623 g/mol. The lowest BCUT2D eigenvalue weighted by Gasteiger charge is -2.23. The molecule has 1 saturated heterocycles. The molecule has 0 bridgehead atoms. The monoisotopic (exact) mass is 655 g/mol. The van der Waals surface area contributed by atoms with Crippen LogP contribution in [-0.4, -0.2) is 46.3 Å². The van der Waals surface area contributed by atoms with Gasteiger partial charge >= 0.3 is 5.91 Å². The van der Waals surface area contributed by atoms with E-state index in [1.165, 1.54) is 33.6 Å². The average Bonchev–Trinajstić information content (AvgIpc) is 3.74. The van der Waals surface area contributed by atoms with Crippen LogP contribution in [0.25, 0.3) is 5.76 Å². The van der Waals surface area contributed by atoms with E-state index in [0.29, 0.717) is 45.7 Å². The number of thioether (sulfide) groups is 1. The number of hydrogen-bond acceptors (Lipinski definition) is 10. The fourth-order valence-corrected chi connectivity index (χ4v) is 7.31. The van der Waals surface area contributed by atoms with Crippen LogP contribution in [0.3, 0.4) is 0 Å². The maximum atomic E-state index is 13.8. The number of amides is 1. The van der Waals surface area contributed by atoms with Crippen molar-refractivity contribution in [1.82, 2.24) is 10.2 Å². The fourth-order valence-electron chi connectivity index (χ4n) is 5.49. The number of aliphatic hydroxyl groups is 1. The van der Waals surface area contributed by atoms with E-state index in [1.54, 1.807) is 42.5 Å². The second kappa shape index (κ2) is 13.4. The number of ketones is 1. The molecule has 0 radical (unpaired) electrons. The molecule has 46 heavy (non-hydrogen) atoms. The summed E-state index contributed by atoms with van der Waals surface area (Å²) in [5.74, 6) is 0.423. The topological polar surface area (TPSA) is 111 Å². The van der Waals surface area contributed by atoms with Crippen LogP contribution in [0.5, 0.6) is 17.2 Å². The molecule has 3 heterocycles. The Balaban J connectivity index is 1.42. The standard InChI is InChI=1S/C35H33N3O6S2/c1-5-15-43-27-14-11-23(18-28(27)42-6-2)30-29(31(39)24-12-13-26-25(17-24)16-21(4)44-26)32(40)33(41)38(30)34-36-37-35(46-34)45-19-22-9-7-20(3)8-10-22/h5,7-14,17-18,21,30,39H,1,6,15-16,19H2,2-4H3/t21-,30-/m1/s1. The number of carbonyl (C=O) groups excluding carboxylic acids is 2. The van der Waals surface area contributed by atoms with E-state index in [4.69, 9.17) is 14.2 Å². The fraction of sp³-hybridized carbons (Fsp3) is 0.257. The van der Waals surface area contributed by atoms with Crippen LogP contribution in [0.15, 0.2) is 83.2 Å². The van der Waals surface area contributed by atoms with Crippen molar-refractivity contribution in [3.8, 4) is 17.2 Å². The van der Waals surface area contributed by atoms with Crippen molar-refractivity contribution in [3.05, 3.63) is 107 Å². The normalized spacial score (nSPS) is 18.4. The molecule has 0 saturated carbocycles. The Morgan fingerprint density at radius 2 is 1.91 bits per heavy atom. The molecule has 0 unspecified atom stereocenters. The van der Waals surface area contributed by atoms with Gasteiger partial charge in [0.2, 0.25) is 5.13 Å². The van der Waals surface area contributed by atoms with Gasteiger partial charge in [0.15, 0.2) is 15.8 Å². The summed E-state index contributed by atoms with van der Waals surface area (Å²) in [6.07, 6.45) is 2.31. The third kappa shape index (κ3) is 6.25. The smallest absolute Gasteiger partial charge is 0.301 e. The Labute approximate surface area is 275 Å². The third-order valence-corrected chi connectivity index (χ3v) is 9.77. The van der Waals surface area contributed by atoms with Crippen molar-refractivity contribution in [2.75, 3.05) is 18.1 Å². The van der Waals surface area contributed by atoms with E-state index in [1.807, 2.05) is 20.8 Å². The molecule has 1 N–H and O–H groups in total. The molecule has 0 spiro atoms. The predicted molar refractivity (Wildman–Crippen MR) is 179 cm³/mol. The van der Waals surface area contributed by atoms with Crippen LogP contribution in [0.1, 0.15) is 47.7 Å². The number of ether oxygens (including phenoxy) is 3. The van der Waals surface area contributed by atoms with Gasteiger partial charge in [0, 0.05) is 17.7 Å². The SMILES string of the molecule is C=CCOc1ccc([C@@H]2C(=C(O)c3ccc4c(c3)C[C@@H](C)O4)C(=O)C(=O)N2c2nnc(SCc3ccc(C)cc3)s2)cc1OCC. The third-order valence-electron chi connectivity index (χ3n) is 7.64. The lowest BCUT2D eigenvalue weighted by molar-refractivity contribution is -0.132. The summed E-state index contributed by atoms with van der Waals surface area (Å²) in [6.45, 7) is 10.2. The molecule has 2 aliphatic rings. The highest BCUT2D eigenvalue weighted by Crippen LogP contribution is 2.46. The van der Waals surface area contributed by atoms with Crippen molar-refractivity contribution in [2.24, 2.45) is 0 Å². The summed E-state index contributed by atoms with van der Waals surface area (Å²) >= 11 is 2.71. The van der Waals surface area contributed by atoms with Crippen molar-refractivity contribution in [1.29, 1.82) is 0 Å². The Morgan fingerprint density at radius 3 is 2.67 bits per heavy atom. The summed E-state index contributed by atoms with van der Waals surface area (Å²) in [5, 5.41) is 20.6. The first-order valence-corrected chi connectivity index (χ1v) is 16.7. The van der Waals surface area contributed by atoms with Gasteiger partial charge in [-0.1, -0.05) is 71.6 Å². The van der Waals surface area contributed by atoms with E-state index in [-0.39, 0.29) is 29.2 Å². The van der Waals surface area contributed by atoms with E-state index in [9.17, 15) is 14.7 Å². The number of benzene rings is 3. The van der Waals surface area contributed by atoms with E-state index >= 15 is 0 Å². The number of nitrogens with zero attached hydrogens (tertiary/aromatic N) is 3. The zero-order valence-corrected chi connectivity index (χ0v) is 27.3. The summed E-state index contributed by atoms with van der Waals surface area (Å²) in [5.41, 5.74) is 4.13. The minimum atomic E-state index is -1.00. The highest BCUT2D eigenvalue weighted by Gasteiger charge is 2.48. The zero-order valence-electron chi connectivity index (χ0n) is 25.7. The summed E-state index contributed by atoms with van der Waals surface area (Å²) < 4.78 is 18.1. The number of rotatable bonds is 11. The van der Waals surface area contributed by atoms with Crippen molar-refractivity contribution in [3.63, 3.8) is 0 Å². The first-order valence-electron chi connectivity index (χ1n) is 14.9. The van der Waals surface area contributed by atoms with Gasteiger partial charge in [0.25, 0.3) is 5.78 Å². The minimum absolute atomic E-state index is 0.00672. The number of anilines is 1. The van der Waals surface area contributed by atoms with Crippen LogP contribution in [0, 0.1) is 6.92 Å². The molecule has 6 rings (SSSR count). The number of carbonyl (C=O) groups is 2. The second-order valence-corrected chi connectivity index (χ2v) is 13.2. The Bertz CT molecular complexity index is 1830. The largest absolute Gasteiger partial charge is 0.507 e. The van der Waals surface area contributed by atoms with Crippen LogP contribution >= 0.6 is 23.1 Å². The van der Waals surface area contributed by atoms with Crippen LogP contribution in [0.2, 0.25) is 0 Å². The molecule has 236 valence electrons. The lowest BCUT2D eigenvalue weighted by atomic mass is 9.94. The Hall–Kier alpha value is -4.61.